The Morgan fingerprint density at radius 2 is 1.88 bits per heavy atom. The quantitative estimate of drug-likeness (QED) is 0.786. The lowest BCUT2D eigenvalue weighted by molar-refractivity contribution is 0.746. The molecule has 0 aliphatic rings. The Morgan fingerprint density at radius 3 is 2.53 bits per heavy atom. The standard InChI is InChI=1S/C12H18N4S/c1-7(2)6-17-12-14-11-13-9(4)8(3)10(5)16(11)15-12/h7H,6H2,1-5H3. The van der Waals surface area contributed by atoms with Crippen LogP contribution in [0.4, 0.5) is 0 Å². The first-order valence-corrected chi connectivity index (χ1v) is 6.81. The van der Waals surface area contributed by atoms with Gasteiger partial charge in [-0.05, 0) is 32.3 Å². The molecule has 2 aromatic rings. The van der Waals surface area contributed by atoms with Crippen molar-refractivity contribution in [1.29, 1.82) is 0 Å². The van der Waals surface area contributed by atoms with E-state index in [0.29, 0.717) is 11.7 Å². The highest BCUT2D eigenvalue weighted by Gasteiger charge is 2.11. The van der Waals surface area contributed by atoms with Gasteiger partial charge in [-0.2, -0.15) is 4.98 Å². The molecule has 0 bridgehead atoms. The number of fused-ring (bicyclic) bond motifs is 1. The van der Waals surface area contributed by atoms with E-state index < -0.39 is 0 Å². The monoisotopic (exact) mass is 250 g/mol. The minimum absolute atomic E-state index is 0.643. The molecule has 0 saturated heterocycles. The van der Waals surface area contributed by atoms with Gasteiger partial charge in [0.2, 0.25) is 5.16 Å². The molecule has 0 aromatic carbocycles. The van der Waals surface area contributed by atoms with Gasteiger partial charge < -0.3 is 0 Å². The number of aromatic nitrogens is 4. The Kier molecular flexibility index (Phi) is 3.38. The molecule has 0 aliphatic heterocycles. The third-order valence-electron chi connectivity index (χ3n) is 2.79. The van der Waals surface area contributed by atoms with E-state index in [1.54, 1.807) is 11.8 Å². The smallest absolute Gasteiger partial charge is 0.216 e. The number of rotatable bonds is 3. The highest BCUT2D eigenvalue weighted by molar-refractivity contribution is 7.99. The average Bonchev–Trinajstić information content (AvgIpc) is 2.66. The van der Waals surface area contributed by atoms with Crippen LogP contribution in [0.15, 0.2) is 5.16 Å². The fourth-order valence-corrected chi connectivity index (χ4v) is 2.31. The first-order valence-electron chi connectivity index (χ1n) is 5.82. The Bertz CT molecular complexity index is 545. The summed E-state index contributed by atoms with van der Waals surface area (Å²) in [5.41, 5.74) is 3.34. The van der Waals surface area contributed by atoms with Crippen LogP contribution in [0, 0.1) is 26.7 Å². The van der Waals surface area contributed by atoms with Gasteiger partial charge in [-0.25, -0.2) is 9.50 Å². The van der Waals surface area contributed by atoms with Crippen molar-refractivity contribution in [2.45, 2.75) is 39.8 Å². The van der Waals surface area contributed by atoms with Crippen LogP contribution in [0.25, 0.3) is 5.78 Å². The third kappa shape index (κ3) is 2.44. The molecule has 0 unspecified atom stereocenters. The van der Waals surface area contributed by atoms with Gasteiger partial charge >= 0.3 is 0 Å². The zero-order valence-electron chi connectivity index (χ0n) is 11.0. The highest BCUT2D eigenvalue weighted by atomic mass is 32.2. The van der Waals surface area contributed by atoms with E-state index in [4.69, 9.17) is 0 Å². The molecule has 17 heavy (non-hydrogen) atoms. The van der Waals surface area contributed by atoms with Gasteiger partial charge in [-0.3, -0.25) is 0 Å². The van der Waals surface area contributed by atoms with Crippen molar-refractivity contribution in [3.63, 3.8) is 0 Å². The molecule has 0 fully saturated rings. The van der Waals surface area contributed by atoms with Gasteiger partial charge in [0.05, 0.1) is 0 Å². The van der Waals surface area contributed by atoms with Gasteiger partial charge in [0.1, 0.15) is 0 Å². The molecule has 5 heteroatoms. The summed E-state index contributed by atoms with van der Waals surface area (Å²) >= 11 is 1.69. The number of thioether (sulfide) groups is 1. The molecule has 4 nitrogen and oxygen atoms in total. The van der Waals surface area contributed by atoms with Gasteiger partial charge in [0.25, 0.3) is 5.78 Å². The van der Waals surface area contributed by atoms with Gasteiger partial charge in [0.15, 0.2) is 0 Å². The SMILES string of the molecule is Cc1nc2nc(SCC(C)C)nn2c(C)c1C. The van der Waals surface area contributed by atoms with E-state index in [-0.39, 0.29) is 0 Å². The largest absolute Gasteiger partial charge is 0.253 e. The van der Waals surface area contributed by atoms with Crippen LogP contribution < -0.4 is 0 Å². The summed E-state index contributed by atoms with van der Waals surface area (Å²) in [6, 6.07) is 0. The first kappa shape index (κ1) is 12.4. The van der Waals surface area contributed by atoms with Gasteiger partial charge in [0, 0.05) is 17.1 Å². The average molecular weight is 250 g/mol. The molecule has 0 spiro atoms. The molecule has 0 atom stereocenters. The second kappa shape index (κ2) is 4.64. The molecule has 0 N–H and O–H groups in total. The van der Waals surface area contributed by atoms with Crippen LogP contribution >= 0.6 is 11.8 Å². The summed E-state index contributed by atoms with van der Waals surface area (Å²) in [6.45, 7) is 10.5. The molecule has 0 radical (unpaired) electrons. The molecular formula is C12H18N4S. The van der Waals surface area contributed by atoms with Crippen molar-refractivity contribution >= 4 is 17.5 Å². The maximum atomic E-state index is 4.49. The van der Waals surface area contributed by atoms with Crippen molar-refractivity contribution in [1.82, 2.24) is 19.6 Å². The van der Waals surface area contributed by atoms with E-state index in [0.717, 1.165) is 22.3 Å². The molecule has 0 saturated carbocycles. The fraction of sp³-hybridized carbons (Fsp3) is 0.583. The lowest BCUT2D eigenvalue weighted by Gasteiger charge is -2.04. The molecular weight excluding hydrogens is 232 g/mol. The van der Waals surface area contributed by atoms with E-state index in [1.165, 1.54) is 5.56 Å². The van der Waals surface area contributed by atoms with Gasteiger partial charge in [-0.15, -0.1) is 5.10 Å². The summed E-state index contributed by atoms with van der Waals surface area (Å²) < 4.78 is 1.84. The second-order valence-corrected chi connectivity index (χ2v) is 5.71. The predicted molar refractivity (Wildman–Crippen MR) is 70.6 cm³/mol. The predicted octanol–water partition coefficient (Wildman–Crippen LogP) is 2.80. The summed E-state index contributed by atoms with van der Waals surface area (Å²) in [4.78, 5) is 8.91. The third-order valence-corrected chi connectivity index (χ3v) is 4.05. The van der Waals surface area contributed by atoms with E-state index >= 15 is 0 Å². The Labute approximate surface area is 106 Å². The van der Waals surface area contributed by atoms with Crippen molar-refractivity contribution < 1.29 is 0 Å². The van der Waals surface area contributed by atoms with Crippen LogP contribution in [0.3, 0.4) is 0 Å². The highest BCUT2D eigenvalue weighted by Crippen LogP contribution is 2.19. The molecule has 2 heterocycles. The maximum Gasteiger partial charge on any atom is 0.253 e. The zero-order chi connectivity index (χ0) is 12.6. The van der Waals surface area contributed by atoms with E-state index in [2.05, 4.69) is 42.8 Å². The number of hydrogen-bond acceptors (Lipinski definition) is 4. The molecule has 0 amide bonds. The Balaban J connectivity index is 2.40. The van der Waals surface area contributed by atoms with E-state index in [1.807, 2.05) is 11.4 Å². The van der Waals surface area contributed by atoms with Crippen LogP contribution in [-0.2, 0) is 0 Å². The Morgan fingerprint density at radius 1 is 1.18 bits per heavy atom. The van der Waals surface area contributed by atoms with E-state index in [9.17, 15) is 0 Å². The molecule has 2 rings (SSSR count). The van der Waals surface area contributed by atoms with Crippen LogP contribution in [0.2, 0.25) is 0 Å². The normalized spacial score (nSPS) is 11.6. The number of nitrogens with zero attached hydrogens (tertiary/aromatic N) is 4. The molecule has 0 aliphatic carbocycles. The number of aryl methyl sites for hydroxylation is 2. The summed E-state index contributed by atoms with van der Waals surface area (Å²) in [7, 11) is 0. The Hall–Kier alpha value is -1.10. The van der Waals surface area contributed by atoms with Crippen molar-refractivity contribution in [2.24, 2.45) is 5.92 Å². The van der Waals surface area contributed by atoms with Crippen LogP contribution in [0.1, 0.15) is 30.8 Å². The molecule has 2 aromatic heterocycles. The minimum Gasteiger partial charge on any atom is -0.216 e. The lowest BCUT2D eigenvalue weighted by Crippen LogP contribution is -2.02. The summed E-state index contributed by atoms with van der Waals surface area (Å²) in [6.07, 6.45) is 0. The fourth-order valence-electron chi connectivity index (χ4n) is 1.54. The van der Waals surface area contributed by atoms with Crippen molar-refractivity contribution in [3.8, 4) is 0 Å². The number of hydrogen-bond donors (Lipinski definition) is 0. The summed E-state index contributed by atoms with van der Waals surface area (Å²) in [5, 5.41) is 5.31. The molecule has 92 valence electrons. The van der Waals surface area contributed by atoms with Crippen LogP contribution in [-0.4, -0.2) is 25.3 Å². The first-order chi connectivity index (χ1) is 7.99. The summed E-state index contributed by atoms with van der Waals surface area (Å²) in [5.74, 6) is 2.38. The topological polar surface area (TPSA) is 43.1 Å². The maximum absolute atomic E-state index is 4.49. The van der Waals surface area contributed by atoms with Crippen LogP contribution in [0.5, 0.6) is 0 Å². The van der Waals surface area contributed by atoms with Crippen molar-refractivity contribution in [3.05, 3.63) is 17.0 Å². The van der Waals surface area contributed by atoms with Crippen molar-refractivity contribution in [2.75, 3.05) is 5.75 Å². The lowest BCUT2D eigenvalue weighted by atomic mass is 10.2. The van der Waals surface area contributed by atoms with Gasteiger partial charge in [-0.1, -0.05) is 25.6 Å². The zero-order valence-corrected chi connectivity index (χ0v) is 11.8. The second-order valence-electron chi connectivity index (χ2n) is 4.72. The minimum atomic E-state index is 0.643.